The minimum Gasteiger partial charge on any atom is -0.465 e. The Hall–Kier alpha value is -2.81. The summed E-state index contributed by atoms with van der Waals surface area (Å²) in [7, 11) is 0. The van der Waals surface area contributed by atoms with E-state index in [0.717, 1.165) is 22.7 Å². The molecule has 9 heteroatoms. The fraction of sp³-hybridized carbons (Fsp3) is 0.368. The second-order valence-electron chi connectivity index (χ2n) is 5.84. The first kappa shape index (κ1) is 19.9. The van der Waals surface area contributed by atoms with Crippen molar-refractivity contribution in [3.8, 4) is 0 Å². The molecule has 0 bridgehead atoms. The maximum absolute atomic E-state index is 13.0. The van der Waals surface area contributed by atoms with Gasteiger partial charge in [-0.1, -0.05) is 30.0 Å². The molecule has 28 heavy (non-hydrogen) atoms. The summed E-state index contributed by atoms with van der Waals surface area (Å²) in [5, 5.41) is -0.202. The number of carbonyl (C=O) groups excluding carboxylic acids is 2. The van der Waals surface area contributed by atoms with E-state index in [0.29, 0.717) is 17.6 Å². The largest absolute Gasteiger partial charge is 0.465 e. The first-order valence-corrected chi connectivity index (χ1v) is 9.90. The number of hydrogen-bond donors (Lipinski definition) is 1. The fourth-order valence-corrected chi connectivity index (χ4v) is 3.90. The number of rotatable bonds is 7. The molecule has 0 atom stereocenters. The van der Waals surface area contributed by atoms with E-state index in [-0.39, 0.29) is 23.9 Å². The number of carbonyl (C=O) groups is 2. The molecule has 0 aliphatic rings. The highest BCUT2D eigenvalue weighted by atomic mass is 32.2. The molecule has 1 N–H and O–H groups in total. The van der Waals surface area contributed by atoms with Gasteiger partial charge < -0.3 is 14.5 Å². The van der Waals surface area contributed by atoms with Crippen molar-refractivity contribution in [2.24, 2.45) is 0 Å². The van der Waals surface area contributed by atoms with Gasteiger partial charge in [0.2, 0.25) is 5.25 Å². The Kier molecular flexibility index (Phi) is 6.03. The van der Waals surface area contributed by atoms with Crippen molar-refractivity contribution in [1.29, 1.82) is 0 Å². The summed E-state index contributed by atoms with van der Waals surface area (Å²) in [5.41, 5.74) is 1.41. The molecular weight excluding hydrogens is 382 g/mol. The van der Waals surface area contributed by atoms with Crippen molar-refractivity contribution in [3.63, 3.8) is 0 Å². The van der Waals surface area contributed by atoms with Crippen LogP contribution in [0.5, 0.6) is 0 Å². The summed E-state index contributed by atoms with van der Waals surface area (Å²) in [6.45, 7) is 5.70. The van der Waals surface area contributed by atoms with Crippen LogP contribution in [0.25, 0.3) is 21.9 Å². The summed E-state index contributed by atoms with van der Waals surface area (Å²) in [5.74, 6) is -1.44. The highest BCUT2D eigenvalue weighted by molar-refractivity contribution is 8.01. The Morgan fingerprint density at radius 3 is 2.39 bits per heavy atom. The second kappa shape index (κ2) is 8.47. The molecule has 0 aliphatic carbocycles. The number of thioether (sulfide) groups is 1. The van der Waals surface area contributed by atoms with Crippen LogP contribution in [0.4, 0.5) is 0 Å². The molecule has 2 heterocycles. The Labute approximate surface area is 165 Å². The van der Waals surface area contributed by atoms with Crippen LogP contribution in [0.1, 0.15) is 20.8 Å². The molecule has 0 fully saturated rings. The quantitative estimate of drug-likeness (QED) is 0.280. The molecule has 3 rings (SSSR count). The second-order valence-corrected chi connectivity index (χ2v) is 6.91. The minimum absolute atomic E-state index is 0.130. The topological polar surface area (TPSA) is 103 Å². The molecule has 8 nitrogen and oxygen atoms in total. The lowest BCUT2D eigenvalue weighted by Gasteiger charge is -2.16. The van der Waals surface area contributed by atoms with Gasteiger partial charge in [-0.05, 0) is 26.8 Å². The molecule has 0 aliphatic heterocycles. The third-order valence-electron chi connectivity index (χ3n) is 4.12. The third kappa shape index (κ3) is 3.62. The average Bonchev–Trinajstić information content (AvgIpc) is 3.05. The van der Waals surface area contributed by atoms with Gasteiger partial charge in [0.15, 0.2) is 5.16 Å². The highest BCUT2D eigenvalue weighted by Gasteiger charge is 2.33. The molecule has 0 amide bonds. The maximum atomic E-state index is 13.0. The predicted molar refractivity (Wildman–Crippen MR) is 106 cm³/mol. The molecule has 0 saturated carbocycles. The molecular formula is C19H21N3O5S. The Balaban J connectivity index is 2.14. The standard InChI is InChI=1S/C19H21N3O5S/c1-4-22-16(23)14-13(11-9-7-8-10-12(11)20-14)21-19(22)28-15(17(24)26-5-2)18(25)27-6-3/h7-10,15,20H,4-6H2,1-3H3. The van der Waals surface area contributed by atoms with Crippen LogP contribution in [0.15, 0.2) is 34.2 Å². The van der Waals surface area contributed by atoms with Crippen molar-refractivity contribution < 1.29 is 19.1 Å². The zero-order valence-corrected chi connectivity index (χ0v) is 16.7. The minimum atomic E-state index is -1.26. The van der Waals surface area contributed by atoms with Gasteiger partial charge in [-0.25, -0.2) is 4.98 Å². The molecule has 0 unspecified atom stereocenters. The van der Waals surface area contributed by atoms with E-state index >= 15 is 0 Å². The lowest BCUT2D eigenvalue weighted by molar-refractivity contribution is -0.152. The summed E-state index contributed by atoms with van der Waals surface area (Å²) < 4.78 is 11.4. The average molecular weight is 403 g/mol. The molecule has 3 aromatic rings. The molecule has 1 aromatic carbocycles. The van der Waals surface area contributed by atoms with Gasteiger partial charge in [-0.3, -0.25) is 19.0 Å². The van der Waals surface area contributed by atoms with Crippen LogP contribution in [0.2, 0.25) is 0 Å². The number of para-hydroxylation sites is 1. The van der Waals surface area contributed by atoms with Gasteiger partial charge in [-0.15, -0.1) is 0 Å². The Bertz CT molecular complexity index is 1070. The molecule has 0 saturated heterocycles. The normalized spacial score (nSPS) is 11.3. The number of aromatic amines is 1. The Morgan fingerprint density at radius 2 is 1.79 bits per heavy atom. The molecule has 0 radical (unpaired) electrons. The van der Waals surface area contributed by atoms with Crippen molar-refractivity contribution in [2.75, 3.05) is 13.2 Å². The van der Waals surface area contributed by atoms with Crippen LogP contribution < -0.4 is 5.56 Å². The maximum Gasteiger partial charge on any atom is 0.331 e. The number of fused-ring (bicyclic) bond motifs is 3. The van der Waals surface area contributed by atoms with E-state index < -0.39 is 17.2 Å². The van der Waals surface area contributed by atoms with E-state index in [1.807, 2.05) is 24.3 Å². The first-order valence-electron chi connectivity index (χ1n) is 9.02. The van der Waals surface area contributed by atoms with Crippen LogP contribution in [-0.4, -0.2) is 44.9 Å². The first-order chi connectivity index (χ1) is 13.5. The SMILES string of the molecule is CCOC(=O)C(Sc1nc2c([nH]c3ccccc32)c(=O)n1CC)C(=O)OCC. The number of benzene rings is 1. The number of hydrogen-bond acceptors (Lipinski definition) is 7. The van der Waals surface area contributed by atoms with Gasteiger partial charge in [0.1, 0.15) is 11.0 Å². The fourth-order valence-electron chi connectivity index (χ4n) is 2.88. The number of nitrogens with zero attached hydrogens (tertiary/aromatic N) is 2. The van der Waals surface area contributed by atoms with Crippen LogP contribution in [0.3, 0.4) is 0 Å². The number of esters is 2. The van der Waals surface area contributed by atoms with Gasteiger partial charge in [-0.2, -0.15) is 0 Å². The highest BCUT2D eigenvalue weighted by Crippen LogP contribution is 2.27. The third-order valence-corrected chi connectivity index (χ3v) is 5.26. The van der Waals surface area contributed by atoms with Crippen molar-refractivity contribution >= 4 is 45.6 Å². The van der Waals surface area contributed by atoms with Crippen molar-refractivity contribution in [2.45, 2.75) is 37.7 Å². The number of nitrogens with one attached hydrogen (secondary N) is 1. The summed E-state index contributed by atoms with van der Waals surface area (Å²) in [4.78, 5) is 45.3. The smallest absolute Gasteiger partial charge is 0.331 e. The Morgan fingerprint density at radius 1 is 1.14 bits per heavy atom. The van der Waals surface area contributed by atoms with Crippen molar-refractivity contribution in [3.05, 3.63) is 34.6 Å². The van der Waals surface area contributed by atoms with Crippen LogP contribution in [0, 0.1) is 0 Å². The van der Waals surface area contributed by atoms with Gasteiger partial charge in [0, 0.05) is 17.4 Å². The zero-order valence-electron chi connectivity index (χ0n) is 15.9. The van der Waals surface area contributed by atoms with Crippen LogP contribution in [-0.2, 0) is 25.6 Å². The molecule has 2 aromatic heterocycles. The summed E-state index contributed by atoms with van der Waals surface area (Å²) in [6.07, 6.45) is 0. The molecule has 148 valence electrons. The van der Waals surface area contributed by atoms with Gasteiger partial charge >= 0.3 is 11.9 Å². The monoisotopic (exact) mass is 403 g/mol. The lowest BCUT2D eigenvalue weighted by atomic mass is 10.2. The van der Waals surface area contributed by atoms with E-state index in [1.165, 1.54) is 4.57 Å². The zero-order chi connectivity index (χ0) is 20.3. The number of H-pyrrole nitrogens is 1. The van der Waals surface area contributed by atoms with E-state index in [1.54, 1.807) is 20.8 Å². The summed E-state index contributed by atoms with van der Waals surface area (Å²) in [6, 6.07) is 7.44. The number of aromatic nitrogens is 3. The van der Waals surface area contributed by atoms with Gasteiger partial charge in [0.05, 0.1) is 13.2 Å². The van der Waals surface area contributed by atoms with Crippen LogP contribution >= 0.6 is 11.8 Å². The van der Waals surface area contributed by atoms with E-state index in [2.05, 4.69) is 9.97 Å². The number of ether oxygens (including phenoxy) is 2. The van der Waals surface area contributed by atoms with E-state index in [4.69, 9.17) is 9.47 Å². The van der Waals surface area contributed by atoms with Crippen molar-refractivity contribution in [1.82, 2.24) is 14.5 Å². The summed E-state index contributed by atoms with van der Waals surface area (Å²) >= 11 is 0.866. The lowest BCUT2D eigenvalue weighted by Crippen LogP contribution is -2.32. The molecule has 0 spiro atoms. The van der Waals surface area contributed by atoms with E-state index in [9.17, 15) is 14.4 Å². The van der Waals surface area contributed by atoms with Gasteiger partial charge in [0.25, 0.3) is 5.56 Å². The predicted octanol–water partition coefficient (Wildman–Crippen LogP) is 2.48.